The van der Waals surface area contributed by atoms with Crippen LogP contribution in [0.5, 0.6) is 5.88 Å². The van der Waals surface area contributed by atoms with Crippen molar-refractivity contribution in [2.45, 2.75) is 32.6 Å². The van der Waals surface area contributed by atoms with E-state index in [1.54, 1.807) is 6.20 Å². The van der Waals surface area contributed by atoms with E-state index in [0.717, 1.165) is 31.6 Å². The van der Waals surface area contributed by atoms with Crippen LogP contribution in [0.15, 0.2) is 18.3 Å². The Morgan fingerprint density at radius 1 is 1.39 bits per heavy atom. The fraction of sp³-hybridized carbons (Fsp3) is 0.571. The Morgan fingerprint density at radius 2 is 2.17 bits per heavy atom. The van der Waals surface area contributed by atoms with Crippen molar-refractivity contribution in [2.75, 3.05) is 24.6 Å². The first-order chi connectivity index (χ1) is 8.79. The number of ketones is 1. The molecule has 1 aliphatic rings. The van der Waals surface area contributed by atoms with E-state index in [1.807, 2.05) is 12.1 Å². The minimum Gasteiger partial charge on any atom is -0.478 e. The highest BCUT2D eigenvalue weighted by Gasteiger charge is 2.16. The number of hydrogen-bond donors (Lipinski definition) is 0. The molecule has 2 heterocycles. The third-order valence-electron chi connectivity index (χ3n) is 3.15. The molecule has 1 aromatic rings. The Hall–Kier alpha value is -1.58. The zero-order valence-electron chi connectivity index (χ0n) is 10.9. The lowest BCUT2D eigenvalue weighted by molar-refractivity contribution is -0.119. The van der Waals surface area contributed by atoms with E-state index in [0.29, 0.717) is 31.1 Å². The average molecular weight is 248 g/mol. The van der Waals surface area contributed by atoms with Gasteiger partial charge in [-0.1, -0.05) is 13.3 Å². The SMILES string of the molecule is CCCCOc1cc(N2CCC(=O)CC2)ccn1. The average Bonchev–Trinajstić information content (AvgIpc) is 2.40. The van der Waals surface area contributed by atoms with Crippen LogP contribution in [0.2, 0.25) is 0 Å². The minimum atomic E-state index is 0.361. The summed E-state index contributed by atoms with van der Waals surface area (Å²) in [5.41, 5.74) is 1.10. The summed E-state index contributed by atoms with van der Waals surface area (Å²) >= 11 is 0. The van der Waals surface area contributed by atoms with E-state index in [2.05, 4.69) is 16.8 Å². The third-order valence-corrected chi connectivity index (χ3v) is 3.15. The molecule has 0 amide bonds. The summed E-state index contributed by atoms with van der Waals surface area (Å²) in [6.45, 7) is 4.46. The number of ether oxygens (including phenoxy) is 1. The number of aromatic nitrogens is 1. The number of hydrogen-bond acceptors (Lipinski definition) is 4. The van der Waals surface area contributed by atoms with Gasteiger partial charge in [0.1, 0.15) is 5.78 Å². The highest BCUT2D eigenvalue weighted by Crippen LogP contribution is 2.21. The van der Waals surface area contributed by atoms with Crippen molar-refractivity contribution in [3.63, 3.8) is 0 Å². The van der Waals surface area contributed by atoms with Crippen LogP contribution < -0.4 is 9.64 Å². The standard InChI is InChI=1S/C14H20N2O2/c1-2-3-10-18-14-11-12(4-7-15-14)16-8-5-13(17)6-9-16/h4,7,11H,2-3,5-6,8-10H2,1H3. The first-order valence-electron chi connectivity index (χ1n) is 6.65. The molecule has 0 saturated carbocycles. The van der Waals surface area contributed by atoms with Gasteiger partial charge in [-0.15, -0.1) is 0 Å². The lowest BCUT2D eigenvalue weighted by Crippen LogP contribution is -2.33. The van der Waals surface area contributed by atoms with Crippen LogP contribution in [0.1, 0.15) is 32.6 Å². The van der Waals surface area contributed by atoms with Gasteiger partial charge < -0.3 is 9.64 Å². The number of rotatable bonds is 5. The minimum absolute atomic E-state index is 0.361. The molecule has 98 valence electrons. The van der Waals surface area contributed by atoms with Crippen LogP contribution in [0.25, 0.3) is 0 Å². The first-order valence-corrected chi connectivity index (χ1v) is 6.65. The Balaban J connectivity index is 1.96. The van der Waals surface area contributed by atoms with Crippen molar-refractivity contribution in [2.24, 2.45) is 0 Å². The second-order valence-corrected chi connectivity index (χ2v) is 4.58. The van der Waals surface area contributed by atoms with Crippen molar-refractivity contribution in [1.82, 2.24) is 4.98 Å². The van der Waals surface area contributed by atoms with Gasteiger partial charge in [0, 0.05) is 43.9 Å². The third kappa shape index (κ3) is 3.45. The smallest absolute Gasteiger partial charge is 0.215 e. The number of unbranched alkanes of at least 4 members (excludes halogenated alkanes) is 1. The van der Waals surface area contributed by atoms with E-state index in [4.69, 9.17) is 4.74 Å². The van der Waals surface area contributed by atoms with E-state index >= 15 is 0 Å². The van der Waals surface area contributed by atoms with Gasteiger partial charge in [-0.05, 0) is 12.5 Å². The maximum Gasteiger partial charge on any atom is 0.215 e. The fourth-order valence-corrected chi connectivity index (χ4v) is 2.01. The summed E-state index contributed by atoms with van der Waals surface area (Å²) in [6.07, 6.45) is 5.23. The molecule has 1 aromatic heterocycles. The molecule has 1 saturated heterocycles. The van der Waals surface area contributed by atoms with Crippen LogP contribution in [0, 0.1) is 0 Å². The number of Topliss-reactive ketones (excluding diaryl/α,β-unsaturated/α-hetero) is 1. The number of anilines is 1. The lowest BCUT2D eigenvalue weighted by atomic mass is 10.1. The van der Waals surface area contributed by atoms with Crippen molar-refractivity contribution in [1.29, 1.82) is 0 Å². The van der Waals surface area contributed by atoms with E-state index < -0.39 is 0 Å². The van der Waals surface area contributed by atoms with Gasteiger partial charge in [0.25, 0.3) is 0 Å². The zero-order chi connectivity index (χ0) is 12.8. The van der Waals surface area contributed by atoms with Crippen LogP contribution in [0.4, 0.5) is 5.69 Å². The van der Waals surface area contributed by atoms with Gasteiger partial charge in [-0.3, -0.25) is 4.79 Å². The molecule has 4 heteroatoms. The number of nitrogens with zero attached hydrogens (tertiary/aromatic N) is 2. The van der Waals surface area contributed by atoms with Crippen LogP contribution in [-0.4, -0.2) is 30.5 Å². The predicted molar refractivity (Wildman–Crippen MR) is 71.1 cm³/mol. The van der Waals surface area contributed by atoms with Gasteiger partial charge in [0.2, 0.25) is 5.88 Å². The van der Waals surface area contributed by atoms with Gasteiger partial charge in [-0.2, -0.15) is 0 Å². The number of pyridine rings is 1. The molecule has 2 rings (SSSR count). The largest absolute Gasteiger partial charge is 0.478 e. The van der Waals surface area contributed by atoms with E-state index in [-0.39, 0.29) is 0 Å². The lowest BCUT2D eigenvalue weighted by Gasteiger charge is -2.28. The maximum atomic E-state index is 11.2. The van der Waals surface area contributed by atoms with Crippen molar-refractivity contribution >= 4 is 11.5 Å². The molecule has 4 nitrogen and oxygen atoms in total. The monoisotopic (exact) mass is 248 g/mol. The predicted octanol–water partition coefficient (Wildman–Crippen LogP) is 2.43. The van der Waals surface area contributed by atoms with Crippen LogP contribution in [0.3, 0.4) is 0 Å². The van der Waals surface area contributed by atoms with E-state index in [9.17, 15) is 4.79 Å². The number of piperidine rings is 1. The molecule has 0 aromatic carbocycles. The summed E-state index contributed by atoms with van der Waals surface area (Å²) in [5, 5.41) is 0. The topological polar surface area (TPSA) is 42.4 Å². The molecule has 1 aliphatic heterocycles. The highest BCUT2D eigenvalue weighted by atomic mass is 16.5. The molecule has 0 unspecified atom stereocenters. The Kier molecular flexibility index (Phi) is 4.56. The molecule has 18 heavy (non-hydrogen) atoms. The summed E-state index contributed by atoms with van der Waals surface area (Å²) in [6, 6.07) is 3.94. The van der Waals surface area contributed by atoms with Gasteiger partial charge in [-0.25, -0.2) is 4.98 Å². The molecular formula is C14H20N2O2. The molecule has 0 atom stereocenters. The van der Waals surface area contributed by atoms with E-state index in [1.165, 1.54) is 0 Å². The second-order valence-electron chi connectivity index (χ2n) is 4.58. The normalized spacial score (nSPS) is 15.8. The molecule has 0 spiro atoms. The summed E-state index contributed by atoms with van der Waals surface area (Å²) in [7, 11) is 0. The Labute approximate surface area is 108 Å². The van der Waals surface area contributed by atoms with Crippen molar-refractivity contribution < 1.29 is 9.53 Å². The first kappa shape index (κ1) is 12.9. The molecule has 0 aliphatic carbocycles. The Bertz CT molecular complexity index is 397. The maximum absolute atomic E-state index is 11.2. The summed E-state index contributed by atoms with van der Waals surface area (Å²) in [5.74, 6) is 1.04. The summed E-state index contributed by atoms with van der Waals surface area (Å²) < 4.78 is 5.59. The molecule has 0 radical (unpaired) electrons. The van der Waals surface area contributed by atoms with Crippen LogP contribution in [-0.2, 0) is 4.79 Å². The Morgan fingerprint density at radius 3 is 2.89 bits per heavy atom. The summed E-state index contributed by atoms with van der Waals surface area (Å²) in [4.78, 5) is 17.6. The van der Waals surface area contributed by atoms with Gasteiger partial charge in [0.15, 0.2) is 0 Å². The van der Waals surface area contributed by atoms with Crippen molar-refractivity contribution in [3.05, 3.63) is 18.3 Å². The molecular weight excluding hydrogens is 228 g/mol. The zero-order valence-corrected chi connectivity index (χ0v) is 10.9. The van der Waals surface area contributed by atoms with Gasteiger partial charge >= 0.3 is 0 Å². The second kappa shape index (κ2) is 6.38. The van der Waals surface area contributed by atoms with Gasteiger partial charge in [0.05, 0.1) is 6.61 Å². The number of carbonyl (C=O) groups excluding carboxylic acids is 1. The molecule has 0 N–H and O–H groups in total. The van der Waals surface area contributed by atoms with Crippen molar-refractivity contribution in [3.8, 4) is 5.88 Å². The number of carbonyl (C=O) groups is 1. The molecule has 1 fully saturated rings. The molecule has 0 bridgehead atoms. The quantitative estimate of drug-likeness (QED) is 0.751. The fourth-order valence-electron chi connectivity index (χ4n) is 2.01. The highest BCUT2D eigenvalue weighted by molar-refractivity contribution is 5.81. The van der Waals surface area contributed by atoms with Crippen LogP contribution >= 0.6 is 0 Å².